The van der Waals surface area contributed by atoms with E-state index in [9.17, 15) is 4.79 Å². The fourth-order valence-electron chi connectivity index (χ4n) is 2.44. The highest BCUT2D eigenvalue weighted by Gasteiger charge is 2.15. The van der Waals surface area contributed by atoms with E-state index in [1.54, 1.807) is 6.20 Å². The summed E-state index contributed by atoms with van der Waals surface area (Å²) in [6.45, 7) is 2.81. The Hall–Kier alpha value is -1.94. The average Bonchev–Trinajstić information content (AvgIpc) is 2.97. The largest absolute Gasteiger partial charge is 0.352 e. The van der Waals surface area contributed by atoms with Gasteiger partial charge in [0.25, 0.3) is 5.91 Å². The number of carbonyl (C=O) groups excluding carboxylic acids is 1. The lowest BCUT2D eigenvalue weighted by Crippen LogP contribution is -2.30. The second-order valence-corrected chi connectivity index (χ2v) is 4.98. The Labute approximate surface area is 112 Å². The van der Waals surface area contributed by atoms with Gasteiger partial charge < -0.3 is 10.6 Å². The van der Waals surface area contributed by atoms with Crippen molar-refractivity contribution in [3.05, 3.63) is 42.1 Å². The van der Waals surface area contributed by atoms with Gasteiger partial charge in [-0.05, 0) is 49.7 Å². The topological polar surface area (TPSA) is 54.0 Å². The number of nitrogens with one attached hydrogen (secondary N) is 2. The van der Waals surface area contributed by atoms with Crippen LogP contribution in [0.4, 0.5) is 0 Å². The van der Waals surface area contributed by atoms with E-state index in [0.717, 1.165) is 37.0 Å². The Morgan fingerprint density at radius 3 is 3.21 bits per heavy atom. The van der Waals surface area contributed by atoms with E-state index >= 15 is 0 Å². The predicted octanol–water partition coefficient (Wildman–Crippen LogP) is 1.57. The minimum absolute atomic E-state index is 0.00217. The Morgan fingerprint density at radius 2 is 2.37 bits per heavy atom. The van der Waals surface area contributed by atoms with Crippen LogP contribution in [0, 0.1) is 5.92 Å². The van der Waals surface area contributed by atoms with Crippen molar-refractivity contribution in [2.45, 2.75) is 6.42 Å². The highest BCUT2D eigenvalue weighted by molar-refractivity contribution is 5.97. The van der Waals surface area contributed by atoms with E-state index in [2.05, 4.69) is 15.6 Å². The fraction of sp³-hybridized carbons (Fsp3) is 0.333. The van der Waals surface area contributed by atoms with Gasteiger partial charge in [-0.25, -0.2) is 0 Å². The molecule has 98 valence electrons. The van der Waals surface area contributed by atoms with E-state index in [-0.39, 0.29) is 5.91 Å². The fourth-order valence-corrected chi connectivity index (χ4v) is 2.44. The second kappa shape index (κ2) is 5.36. The number of benzene rings is 1. The number of fused-ring (bicyclic) bond motifs is 1. The first-order chi connectivity index (χ1) is 9.33. The first-order valence-corrected chi connectivity index (χ1v) is 6.66. The molecule has 19 heavy (non-hydrogen) atoms. The molecule has 1 fully saturated rings. The van der Waals surface area contributed by atoms with Crippen molar-refractivity contribution in [3.8, 4) is 0 Å². The molecule has 0 bridgehead atoms. The van der Waals surface area contributed by atoms with Gasteiger partial charge in [-0.2, -0.15) is 0 Å². The molecule has 2 heterocycles. The van der Waals surface area contributed by atoms with Gasteiger partial charge in [0, 0.05) is 23.7 Å². The molecule has 1 aliphatic heterocycles. The molecule has 0 saturated carbocycles. The quantitative estimate of drug-likeness (QED) is 0.875. The Kier molecular flexibility index (Phi) is 3.42. The summed E-state index contributed by atoms with van der Waals surface area (Å²) in [5.74, 6) is 0.559. The number of hydrogen-bond acceptors (Lipinski definition) is 3. The highest BCUT2D eigenvalue weighted by Crippen LogP contribution is 2.13. The normalized spacial score (nSPS) is 18.6. The molecule has 1 atom stereocenters. The molecule has 0 radical (unpaired) electrons. The lowest BCUT2D eigenvalue weighted by Gasteiger charge is -2.10. The van der Waals surface area contributed by atoms with Crippen LogP contribution in [0.5, 0.6) is 0 Å². The molecule has 1 aromatic carbocycles. The number of pyridine rings is 1. The molecule has 2 aromatic rings. The van der Waals surface area contributed by atoms with Gasteiger partial charge in [-0.1, -0.05) is 6.07 Å². The van der Waals surface area contributed by atoms with Gasteiger partial charge in [-0.3, -0.25) is 9.78 Å². The van der Waals surface area contributed by atoms with Crippen LogP contribution in [0.3, 0.4) is 0 Å². The molecule has 4 heteroatoms. The summed E-state index contributed by atoms with van der Waals surface area (Å²) in [5, 5.41) is 7.30. The smallest absolute Gasteiger partial charge is 0.251 e. The molecule has 1 aliphatic rings. The summed E-state index contributed by atoms with van der Waals surface area (Å²) in [4.78, 5) is 16.3. The number of amides is 1. The summed E-state index contributed by atoms with van der Waals surface area (Å²) in [5.41, 5.74) is 1.62. The highest BCUT2D eigenvalue weighted by atomic mass is 16.1. The molecular weight excluding hydrogens is 238 g/mol. The van der Waals surface area contributed by atoms with Crippen LogP contribution in [0.25, 0.3) is 10.9 Å². The molecule has 1 unspecified atom stereocenters. The Bertz CT molecular complexity index is 591. The molecule has 1 amide bonds. The first kappa shape index (κ1) is 12.1. The Morgan fingerprint density at radius 1 is 1.42 bits per heavy atom. The maximum absolute atomic E-state index is 12.1. The number of rotatable bonds is 3. The van der Waals surface area contributed by atoms with Crippen LogP contribution >= 0.6 is 0 Å². The molecule has 4 nitrogen and oxygen atoms in total. The molecule has 2 N–H and O–H groups in total. The minimum atomic E-state index is -0.00217. The van der Waals surface area contributed by atoms with Crippen molar-refractivity contribution in [1.82, 2.24) is 15.6 Å². The minimum Gasteiger partial charge on any atom is -0.352 e. The Balaban J connectivity index is 1.70. The molecular formula is C15H17N3O. The van der Waals surface area contributed by atoms with E-state index in [4.69, 9.17) is 0 Å². The van der Waals surface area contributed by atoms with Gasteiger partial charge in [0.05, 0.1) is 5.52 Å². The lowest BCUT2D eigenvalue weighted by molar-refractivity contribution is 0.0948. The van der Waals surface area contributed by atoms with Crippen molar-refractivity contribution >= 4 is 16.8 Å². The van der Waals surface area contributed by atoms with Crippen molar-refractivity contribution in [1.29, 1.82) is 0 Å². The number of aromatic nitrogens is 1. The van der Waals surface area contributed by atoms with Crippen LogP contribution in [0.2, 0.25) is 0 Å². The lowest BCUT2D eigenvalue weighted by atomic mass is 10.1. The summed E-state index contributed by atoms with van der Waals surface area (Å²) in [6.07, 6.45) is 2.90. The van der Waals surface area contributed by atoms with Crippen LogP contribution in [-0.4, -0.2) is 30.5 Å². The number of hydrogen-bond donors (Lipinski definition) is 2. The number of nitrogens with zero attached hydrogens (tertiary/aromatic N) is 1. The van der Waals surface area contributed by atoms with Gasteiger partial charge in [0.1, 0.15) is 0 Å². The SMILES string of the molecule is O=C(NCC1CCNC1)c1ccc2ncccc2c1. The molecule has 0 aliphatic carbocycles. The summed E-state index contributed by atoms with van der Waals surface area (Å²) in [6, 6.07) is 9.47. The van der Waals surface area contributed by atoms with E-state index in [1.807, 2.05) is 30.3 Å². The zero-order valence-electron chi connectivity index (χ0n) is 10.7. The van der Waals surface area contributed by atoms with E-state index in [1.165, 1.54) is 0 Å². The number of carbonyl (C=O) groups is 1. The van der Waals surface area contributed by atoms with Crippen molar-refractivity contribution in [2.24, 2.45) is 5.92 Å². The molecule has 1 aromatic heterocycles. The predicted molar refractivity (Wildman–Crippen MR) is 75.1 cm³/mol. The molecule has 0 spiro atoms. The van der Waals surface area contributed by atoms with Gasteiger partial charge in [0.15, 0.2) is 0 Å². The van der Waals surface area contributed by atoms with Gasteiger partial charge >= 0.3 is 0 Å². The van der Waals surface area contributed by atoms with Gasteiger partial charge in [0.2, 0.25) is 0 Å². The monoisotopic (exact) mass is 255 g/mol. The first-order valence-electron chi connectivity index (χ1n) is 6.66. The standard InChI is InChI=1S/C15H17N3O/c19-15(18-10-11-5-7-16-9-11)13-3-4-14-12(8-13)2-1-6-17-14/h1-4,6,8,11,16H,5,7,9-10H2,(H,18,19). The van der Waals surface area contributed by atoms with Crippen molar-refractivity contribution in [2.75, 3.05) is 19.6 Å². The van der Waals surface area contributed by atoms with Crippen molar-refractivity contribution < 1.29 is 4.79 Å². The third kappa shape index (κ3) is 2.74. The zero-order valence-corrected chi connectivity index (χ0v) is 10.7. The average molecular weight is 255 g/mol. The maximum atomic E-state index is 12.1. The maximum Gasteiger partial charge on any atom is 0.251 e. The van der Waals surface area contributed by atoms with Crippen LogP contribution in [0.1, 0.15) is 16.8 Å². The van der Waals surface area contributed by atoms with Crippen molar-refractivity contribution in [3.63, 3.8) is 0 Å². The van der Waals surface area contributed by atoms with Crippen LogP contribution in [0.15, 0.2) is 36.5 Å². The third-order valence-electron chi connectivity index (χ3n) is 3.58. The third-order valence-corrected chi connectivity index (χ3v) is 3.58. The van der Waals surface area contributed by atoms with Gasteiger partial charge in [-0.15, -0.1) is 0 Å². The molecule has 1 saturated heterocycles. The molecule has 3 rings (SSSR count). The summed E-state index contributed by atoms with van der Waals surface area (Å²) in [7, 11) is 0. The van der Waals surface area contributed by atoms with Crippen LogP contribution < -0.4 is 10.6 Å². The second-order valence-electron chi connectivity index (χ2n) is 4.98. The summed E-state index contributed by atoms with van der Waals surface area (Å²) < 4.78 is 0. The van der Waals surface area contributed by atoms with E-state index < -0.39 is 0 Å². The van der Waals surface area contributed by atoms with Crippen LogP contribution in [-0.2, 0) is 0 Å². The van der Waals surface area contributed by atoms with E-state index in [0.29, 0.717) is 11.5 Å². The summed E-state index contributed by atoms with van der Waals surface area (Å²) >= 11 is 0. The zero-order chi connectivity index (χ0) is 13.1.